The van der Waals surface area contributed by atoms with Gasteiger partial charge in [0.1, 0.15) is 5.60 Å². The lowest BCUT2D eigenvalue weighted by molar-refractivity contribution is -0.205. The summed E-state index contributed by atoms with van der Waals surface area (Å²) in [5, 5.41) is 10.6. The predicted octanol–water partition coefficient (Wildman–Crippen LogP) is 1.16. The molecular formula is C18H27N3O3. The normalized spacial score (nSPS) is 29.9. The second kappa shape index (κ2) is 6.43. The molecule has 2 aliphatic heterocycles. The van der Waals surface area contributed by atoms with Gasteiger partial charge in [-0.25, -0.2) is 0 Å². The maximum atomic E-state index is 12.5. The molecule has 1 aromatic heterocycles. The average molecular weight is 333 g/mol. The van der Waals surface area contributed by atoms with E-state index in [1.54, 1.807) is 24.5 Å². The minimum atomic E-state index is -0.836. The molecular weight excluding hydrogens is 306 g/mol. The SMILES string of the molecule is CN(C)[C@H]1CC2(CCN(C(=O)c3cccnc3)CC2)OC[C@]1(C)O. The number of carbonyl (C=O) groups is 1. The predicted molar refractivity (Wildman–Crippen MR) is 90.8 cm³/mol. The Morgan fingerprint density at radius 1 is 1.42 bits per heavy atom. The van der Waals surface area contributed by atoms with Crippen LogP contribution in [0.5, 0.6) is 0 Å². The Bertz CT molecular complexity index is 580. The van der Waals surface area contributed by atoms with Crippen molar-refractivity contribution in [1.82, 2.24) is 14.8 Å². The number of piperidine rings is 1. The third kappa shape index (κ3) is 3.31. The van der Waals surface area contributed by atoms with Crippen LogP contribution in [0.25, 0.3) is 0 Å². The number of rotatable bonds is 2. The van der Waals surface area contributed by atoms with E-state index in [9.17, 15) is 9.90 Å². The minimum Gasteiger partial charge on any atom is -0.386 e. The molecule has 1 amide bonds. The molecule has 2 aliphatic rings. The third-order valence-electron chi connectivity index (χ3n) is 5.45. The Morgan fingerprint density at radius 3 is 2.71 bits per heavy atom. The zero-order valence-electron chi connectivity index (χ0n) is 14.7. The van der Waals surface area contributed by atoms with E-state index in [4.69, 9.17) is 4.74 Å². The van der Waals surface area contributed by atoms with Crippen molar-refractivity contribution in [3.8, 4) is 0 Å². The summed E-state index contributed by atoms with van der Waals surface area (Å²) in [6.07, 6.45) is 5.69. The number of hydrogen-bond acceptors (Lipinski definition) is 5. The fourth-order valence-corrected chi connectivity index (χ4v) is 3.90. The first-order chi connectivity index (χ1) is 11.3. The Labute approximate surface area is 143 Å². The van der Waals surface area contributed by atoms with Crippen LogP contribution in [0.15, 0.2) is 24.5 Å². The topological polar surface area (TPSA) is 65.9 Å². The van der Waals surface area contributed by atoms with Crippen molar-refractivity contribution in [2.75, 3.05) is 33.8 Å². The van der Waals surface area contributed by atoms with Crippen LogP contribution >= 0.6 is 0 Å². The van der Waals surface area contributed by atoms with Gasteiger partial charge in [0.25, 0.3) is 5.91 Å². The van der Waals surface area contributed by atoms with E-state index in [1.807, 2.05) is 25.9 Å². The van der Waals surface area contributed by atoms with E-state index in [2.05, 4.69) is 9.88 Å². The average Bonchev–Trinajstić information content (AvgIpc) is 2.58. The molecule has 0 bridgehead atoms. The fourth-order valence-electron chi connectivity index (χ4n) is 3.90. The largest absolute Gasteiger partial charge is 0.386 e. The number of nitrogens with zero attached hydrogens (tertiary/aromatic N) is 3. The van der Waals surface area contributed by atoms with Gasteiger partial charge in [-0.05, 0) is 52.4 Å². The maximum absolute atomic E-state index is 12.5. The summed E-state index contributed by atoms with van der Waals surface area (Å²) in [6.45, 7) is 3.53. The molecule has 0 radical (unpaired) electrons. The number of hydrogen-bond donors (Lipinski definition) is 1. The molecule has 0 aliphatic carbocycles. The summed E-state index contributed by atoms with van der Waals surface area (Å²) in [7, 11) is 4.00. The number of carbonyl (C=O) groups excluding carboxylic acids is 1. The number of likely N-dealkylation sites (tertiary alicyclic amines) is 1. The molecule has 1 N–H and O–H groups in total. The molecule has 1 spiro atoms. The van der Waals surface area contributed by atoms with Crippen molar-refractivity contribution in [1.29, 1.82) is 0 Å². The number of likely N-dealkylation sites (N-methyl/N-ethyl adjacent to an activating group) is 1. The van der Waals surface area contributed by atoms with E-state index in [1.165, 1.54) is 0 Å². The first-order valence-electron chi connectivity index (χ1n) is 8.55. The first kappa shape index (κ1) is 17.3. The Hall–Kier alpha value is -1.50. The van der Waals surface area contributed by atoms with E-state index >= 15 is 0 Å². The number of ether oxygens (including phenoxy) is 1. The molecule has 6 nitrogen and oxygen atoms in total. The van der Waals surface area contributed by atoms with Crippen molar-refractivity contribution in [2.24, 2.45) is 0 Å². The lowest BCUT2D eigenvalue weighted by Gasteiger charge is -2.52. The van der Waals surface area contributed by atoms with Gasteiger partial charge in [-0.15, -0.1) is 0 Å². The minimum absolute atomic E-state index is 0.0323. The second-order valence-corrected chi connectivity index (χ2v) is 7.55. The van der Waals surface area contributed by atoms with E-state index in [0.717, 1.165) is 19.3 Å². The second-order valence-electron chi connectivity index (χ2n) is 7.55. The third-order valence-corrected chi connectivity index (χ3v) is 5.45. The highest BCUT2D eigenvalue weighted by atomic mass is 16.5. The molecule has 1 aromatic rings. The highest BCUT2D eigenvalue weighted by Crippen LogP contribution is 2.39. The van der Waals surface area contributed by atoms with Gasteiger partial charge in [0.2, 0.25) is 0 Å². The summed E-state index contributed by atoms with van der Waals surface area (Å²) in [4.78, 5) is 20.5. The number of aliphatic hydroxyl groups is 1. The number of amides is 1. The molecule has 0 saturated carbocycles. The van der Waals surface area contributed by atoms with Crippen LogP contribution in [0.2, 0.25) is 0 Å². The van der Waals surface area contributed by atoms with Crippen molar-refractivity contribution >= 4 is 5.91 Å². The summed E-state index contributed by atoms with van der Waals surface area (Å²) >= 11 is 0. The van der Waals surface area contributed by atoms with Crippen LogP contribution in [0, 0.1) is 0 Å². The highest BCUT2D eigenvalue weighted by molar-refractivity contribution is 5.93. The molecule has 2 saturated heterocycles. The van der Waals surface area contributed by atoms with Crippen LogP contribution in [0.3, 0.4) is 0 Å². The molecule has 2 atom stereocenters. The standard InChI is InChI=1S/C18H27N3O3/c1-17(23)13-24-18(11-15(17)20(2)3)6-9-21(10-7-18)16(22)14-5-4-8-19-12-14/h4-5,8,12,15,23H,6-7,9-11,13H2,1-3H3/t15-,17-/m0/s1. The lowest BCUT2D eigenvalue weighted by Crippen LogP contribution is -2.62. The van der Waals surface area contributed by atoms with E-state index in [-0.39, 0.29) is 17.6 Å². The van der Waals surface area contributed by atoms with E-state index in [0.29, 0.717) is 25.3 Å². The molecule has 24 heavy (non-hydrogen) atoms. The molecule has 2 fully saturated rings. The monoisotopic (exact) mass is 333 g/mol. The smallest absolute Gasteiger partial charge is 0.255 e. The van der Waals surface area contributed by atoms with Crippen LogP contribution in [-0.2, 0) is 4.74 Å². The molecule has 3 rings (SSSR count). The fraction of sp³-hybridized carbons (Fsp3) is 0.667. The molecule has 0 unspecified atom stereocenters. The van der Waals surface area contributed by atoms with Crippen LogP contribution in [0.1, 0.15) is 36.5 Å². The van der Waals surface area contributed by atoms with Gasteiger partial charge in [0, 0.05) is 31.5 Å². The molecule has 6 heteroatoms. The van der Waals surface area contributed by atoms with Gasteiger partial charge in [-0.2, -0.15) is 0 Å². The quantitative estimate of drug-likeness (QED) is 0.880. The Kier molecular flexibility index (Phi) is 4.64. The summed E-state index contributed by atoms with van der Waals surface area (Å²) in [5.41, 5.74) is -0.438. The van der Waals surface area contributed by atoms with E-state index < -0.39 is 5.60 Å². The molecule has 0 aromatic carbocycles. The highest BCUT2D eigenvalue weighted by Gasteiger charge is 2.49. The number of aromatic nitrogens is 1. The van der Waals surface area contributed by atoms with Crippen LogP contribution in [0.4, 0.5) is 0 Å². The van der Waals surface area contributed by atoms with Crippen molar-refractivity contribution in [3.63, 3.8) is 0 Å². The van der Waals surface area contributed by atoms with Gasteiger partial charge in [-0.1, -0.05) is 0 Å². The Morgan fingerprint density at radius 2 is 2.12 bits per heavy atom. The zero-order valence-corrected chi connectivity index (χ0v) is 14.7. The summed E-state index contributed by atoms with van der Waals surface area (Å²) in [5.74, 6) is 0.0323. The van der Waals surface area contributed by atoms with Gasteiger partial charge in [-0.3, -0.25) is 9.78 Å². The zero-order chi connectivity index (χ0) is 17.4. The Balaban J connectivity index is 1.65. The van der Waals surface area contributed by atoms with Crippen molar-refractivity contribution in [2.45, 2.75) is 43.4 Å². The van der Waals surface area contributed by atoms with Crippen molar-refractivity contribution in [3.05, 3.63) is 30.1 Å². The maximum Gasteiger partial charge on any atom is 0.255 e. The molecule has 3 heterocycles. The van der Waals surface area contributed by atoms with Gasteiger partial charge < -0.3 is 19.6 Å². The first-order valence-corrected chi connectivity index (χ1v) is 8.55. The number of pyridine rings is 1. The summed E-state index contributed by atoms with van der Waals surface area (Å²) < 4.78 is 6.11. The molecule has 132 valence electrons. The lowest BCUT2D eigenvalue weighted by atomic mass is 9.77. The van der Waals surface area contributed by atoms with Gasteiger partial charge in [0.05, 0.1) is 17.8 Å². The van der Waals surface area contributed by atoms with Crippen LogP contribution in [-0.4, -0.2) is 76.8 Å². The van der Waals surface area contributed by atoms with Gasteiger partial charge in [0.15, 0.2) is 0 Å². The van der Waals surface area contributed by atoms with Crippen LogP contribution < -0.4 is 0 Å². The van der Waals surface area contributed by atoms with Gasteiger partial charge >= 0.3 is 0 Å². The summed E-state index contributed by atoms with van der Waals surface area (Å²) in [6, 6.07) is 3.65. The van der Waals surface area contributed by atoms with Crippen molar-refractivity contribution < 1.29 is 14.6 Å².